The molecule has 1 aromatic rings. The standard InChI is InChI=1S/C15H21NO3S/c1-18-12-4-3-5-13(10-12)20-9-8-14(15(17)19-2)16-11-6-7-11/h3-5,10-11,14,16H,6-9H2,1-2H3. The molecule has 1 unspecified atom stereocenters. The van der Waals surface area contributed by atoms with Crippen molar-refractivity contribution in [3.05, 3.63) is 24.3 Å². The zero-order chi connectivity index (χ0) is 14.4. The summed E-state index contributed by atoms with van der Waals surface area (Å²) < 4.78 is 10.0. The maximum Gasteiger partial charge on any atom is 0.322 e. The van der Waals surface area contributed by atoms with Crippen LogP contribution in [0.5, 0.6) is 5.75 Å². The number of ether oxygens (including phenoxy) is 2. The number of nitrogens with one attached hydrogen (secondary N) is 1. The molecule has 0 aromatic heterocycles. The van der Waals surface area contributed by atoms with Crippen LogP contribution < -0.4 is 10.1 Å². The van der Waals surface area contributed by atoms with Crippen LogP contribution in [0, 0.1) is 0 Å². The van der Waals surface area contributed by atoms with Crippen molar-refractivity contribution in [1.82, 2.24) is 5.32 Å². The Bertz CT molecular complexity index is 448. The lowest BCUT2D eigenvalue weighted by atomic mass is 10.2. The molecule has 1 saturated carbocycles. The zero-order valence-corrected chi connectivity index (χ0v) is 12.7. The minimum absolute atomic E-state index is 0.164. The zero-order valence-electron chi connectivity index (χ0n) is 11.9. The molecule has 4 nitrogen and oxygen atoms in total. The Kier molecular flexibility index (Phi) is 5.73. The second kappa shape index (κ2) is 7.55. The molecule has 20 heavy (non-hydrogen) atoms. The molecule has 0 amide bonds. The van der Waals surface area contributed by atoms with Gasteiger partial charge in [-0.25, -0.2) is 0 Å². The van der Waals surface area contributed by atoms with Gasteiger partial charge in [-0.15, -0.1) is 11.8 Å². The Balaban J connectivity index is 1.80. The van der Waals surface area contributed by atoms with Gasteiger partial charge in [-0.1, -0.05) is 6.07 Å². The van der Waals surface area contributed by atoms with Gasteiger partial charge in [0.1, 0.15) is 11.8 Å². The predicted octanol–water partition coefficient (Wildman–Crippen LogP) is 2.47. The van der Waals surface area contributed by atoms with E-state index in [-0.39, 0.29) is 12.0 Å². The third-order valence-electron chi connectivity index (χ3n) is 3.22. The monoisotopic (exact) mass is 295 g/mol. The molecule has 0 spiro atoms. The average molecular weight is 295 g/mol. The normalized spacial score (nSPS) is 15.7. The number of benzene rings is 1. The first-order chi connectivity index (χ1) is 9.72. The quantitative estimate of drug-likeness (QED) is 0.590. The van der Waals surface area contributed by atoms with E-state index >= 15 is 0 Å². The van der Waals surface area contributed by atoms with E-state index in [1.54, 1.807) is 18.9 Å². The third-order valence-corrected chi connectivity index (χ3v) is 4.24. The number of hydrogen-bond donors (Lipinski definition) is 1. The number of esters is 1. The SMILES string of the molecule is COC(=O)C(CCSc1cccc(OC)c1)NC1CC1. The lowest BCUT2D eigenvalue weighted by Gasteiger charge is -2.15. The van der Waals surface area contributed by atoms with E-state index in [2.05, 4.69) is 11.4 Å². The van der Waals surface area contributed by atoms with Crippen LogP contribution in [0.25, 0.3) is 0 Å². The summed E-state index contributed by atoms with van der Waals surface area (Å²) in [5, 5.41) is 3.34. The van der Waals surface area contributed by atoms with Gasteiger partial charge in [0.15, 0.2) is 0 Å². The molecule has 1 aliphatic carbocycles. The van der Waals surface area contributed by atoms with Gasteiger partial charge in [-0.3, -0.25) is 4.79 Å². The van der Waals surface area contributed by atoms with E-state index in [0.717, 1.165) is 35.7 Å². The van der Waals surface area contributed by atoms with E-state index in [9.17, 15) is 4.79 Å². The first-order valence-corrected chi connectivity index (χ1v) is 7.82. The van der Waals surface area contributed by atoms with Crippen LogP contribution in [0.3, 0.4) is 0 Å². The summed E-state index contributed by atoms with van der Waals surface area (Å²) in [6, 6.07) is 8.27. The van der Waals surface area contributed by atoms with E-state index in [4.69, 9.17) is 9.47 Å². The number of thioether (sulfide) groups is 1. The summed E-state index contributed by atoms with van der Waals surface area (Å²) in [5.74, 6) is 1.56. The molecule has 0 heterocycles. The van der Waals surface area contributed by atoms with Gasteiger partial charge >= 0.3 is 5.97 Å². The van der Waals surface area contributed by atoms with Gasteiger partial charge in [-0.05, 0) is 37.5 Å². The van der Waals surface area contributed by atoms with Crippen molar-refractivity contribution in [2.45, 2.75) is 36.2 Å². The maximum atomic E-state index is 11.7. The highest BCUT2D eigenvalue weighted by atomic mass is 32.2. The van der Waals surface area contributed by atoms with Gasteiger partial charge in [-0.2, -0.15) is 0 Å². The summed E-state index contributed by atoms with van der Waals surface area (Å²) in [6.07, 6.45) is 3.10. The maximum absolute atomic E-state index is 11.7. The van der Waals surface area contributed by atoms with Gasteiger partial charge in [0.05, 0.1) is 14.2 Å². The fourth-order valence-electron chi connectivity index (χ4n) is 1.93. The van der Waals surface area contributed by atoms with Crippen LogP contribution >= 0.6 is 11.8 Å². The van der Waals surface area contributed by atoms with Crippen molar-refractivity contribution in [2.24, 2.45) is 0 Å². The van der Waals surface area contributed by atoms with E-state index in [1.165, 1.54) is 7.11 Å². The third kappa shape index (κ3) is 4.72. The molecule has 1 aliphatic rings. The summed E-state index contributed by atoms with van der Waals surface area (Å²) in [7, 11) is 3.11. The van der Waals surface area contributed by atoms with Gasteiger partial charge in [0, 0.05) is 16.7 Å². The van der Waals surface area contributed by atoms with Gasteiger partial charge in [0.2, 0.25) is 0 Å². The summed E-state index contributed by atoms with van der Waals surface area (Å²) >= 11 is 1.73. The molecule has 1 fully saturated rings. The molecule has 2 rings (SSSR count). The number of rotatable bonds is 8. The summed E-state index contributed by atoms with van der Waals surface area (Å²) in [6.45, 7) is 0. The van der Waals surface area contributed by atoms with Crippen molar-refractivity contribution in [2.75, 3.05) is 20.0 Å². The highest BCUT2D eigenvalue weighted by Crippen LogP contribution is 2.25. The number of carbonyl (C=O) groups is 1. The van der Waals surface area contributed by atoms with Crippen molar-refractivity contribution >= 4 is 17.7 Å². The van der Waals surface area contributed by atoms with E-state index in [0.29, 0.717) is 6.04 Å². The lowest BCUT2D eigenvalue weighted by Crippen LogP contribution is -2.39. The second-order valence-corrected chi connectivity index (χ2v) is 6.00. The van der Waals surface area contributed by atoms with Crippen molar-refractivity contribution < 1.29 is 14.3 Å². The molecule has 110 valence electrons. The average Bonchev–Trinajstić information content (AvgIpc) is 3.29. The van der Waals surface area contributed by atoms with Crippen LogP contribution in [-0.2, 0) is 9.53 Å². The van der Waals surface area contributed by atoms with Crippen LogP contribution in [0.2, 0.25) is 0 Å². The Hall–Kier alpha value is -1.20. The Morgan fingerprint density at radius 2 is 2.25 bits per heavy atom. The first kappa shape index (κ1) is 15.2. The fourth-order valence-corrected chi connectivity index (χ4v) is 2.90. The smallest absolute Gasteiger partial charge is 0.322 e. The molecular formula is C15H21NO3S. The molecule has 5 heteroatoms. The highest BCUT2D eigenvalue weighted by Gasteiger charge is 2.28. The van der Waals surface area contributed by atoms with Crippen molar-refractivity contribution in [3.63, 3.8) is 0 Å². The molecule has 1 aromatic carbocycles. The van der Waals surface area contributed by atoms with Gasteiger partial charge < -0.3 is 14.8 Å². The van der Waals surface area contributed by atoms with E-state index in [1.807, 2.05) is 18.2 Å². The van der Waals surface area contributed by atoms with Crippen molar-refractivity contribution in [1.29, 1.82) is 0 Å². The molecule has 0 bridgehead atoms. The molecule has 0 radical (unpaired) electrons. The minimum Gasteiger partial charge on any atom is -0.497 e. The Labute approximate surface area is 124 Å². The predicted molar refractivity (Wildman–Crippen MR) is 80.3 cm³/mol. The van der Waals surface area contributed by atoms with Crippen LogP contribution in [0.15, 0.2) is 29.2 Å². The number of hydrogen-bond acceptors (Lipinski definition) is 5. The molecule has 0 saturated heterocycles. The summed E-state index contributed by atoms with van der Waals surface area (Å²) in [4.78, 5) is 12.9. The molecule has 0 aliphatic heterocycles. The minimum atomic E-state index is -0.189. The second-order valence-electron chi connectivity index (χ2n) is 4.83. The molecule has 1 atom stereocenters. The van der Waals surface area contributed by atoms with Crippen LogP contribution in [0.1, 0.15) is 19.3 Å². The number of carbonyl (C=O) groups excluding carboxylic acids is 1. The van der Waals surface area contributed by atoms with Crippen LogP contribution in [-0.4, -0.2) is 38.0 Å². The largest absolute Gasteiger partial charge is 0.497 e. The lowest BCUT2D eigenvalue weighted by molar-refractivity contribution is -0.143. The van der Waals surface area contributed by atoms with Gasteiger partial charge in [0.25, 0.3) is 0 Å². The highest BCUT2D eigenvalue weighted by molar-refractivity contribution is 7.99. The first-order valence-electron chi connectivity index (χ1n) is 6.83. The van der Waals surface area contributed by atoms with Crippen molar-refractivity contribution in [3.8, 4) is 5.75 Å². The topological polar surface area (TPSA) is 47.6 Å². The number of methoxy groups -OCH3 is 2. The Morgan fingerprint density at radius 3 is 2.90 bits per heavy atom. The van der Waals surface area contributed by atoms with E-state index < -0.39 is 0 Å². The fraction of sp³-hybridized carbons (Fsp3) is 0.533. The summed E-state index contributed by atoms with van der Waals surface area (Å²) in [5.41, 5.74) is 0. The molecular weight excluding hydrogens is 274 g/mol. The Morgan fingerprint density at radius 1 is 1.45 bits per heavy atom. The van der Waals surface area contributed by atoms with Crippen LogP contribution in [0.4, 0.5) is 0 Å². The molecule has 1 N–H and O–H groups in total.